The molecule has 0 amide bonds. The largest absolute Gasteiger partial charge is 0.493 e. The first kappa shape index (κ1) is 13.8. The van der Waals surface area contributed by atoms with Gasteiger partial charge in [-0.25, -0.2) is 4.98 Å². The molecule has 0 saturated carbocycles. The SMILES string of the molecule is COc1ccc(C(O)Cc2nc(C)cs2)cc1OC. The first-order valence-electron chi connectivity index (χ1n) is 5.95. The predicted molar refractivity (Wildman–Crippen MR) is 75.1 cm³/mol. The molecule has 1 aromatic carbocycles. The predicted octanol–water partition coefficient (Wildman–Crippen LogP) is 2.74. The third kappa shape index (κ3) is 3.24. The van der Waals surface area contributed by atoms with Crippen LogP contribution in [0.1, 0.15) is 22.4 Å². The Morgan fingerprint density at radius 3 is 2.58 bits per heavy atom. The Morgan fingerprint density at radius 1 is 1.26 bits per heavy atom. The average Bonchev–Trinajstić information content (AvgIpc) is 2.83. The van der Waals surface area contributed by atoms with Gasteiger partial charge in [0.05, 0.1) is 25.3 Å². The quantitative estimate of drug-likeness (QED) is 0.914. The molecule has 4 nitrogen and oxygen atoms in total. The molecule has 102 valence electrons. The fraction of sp³-hybridized carbons (Fsp3) is 0.357. The highest BCUT2D eigenvalue weighted by Crippen LogP contribution is 2.31. The summed E-state index contributed by atoms with van der Waals surface area (Å²) >= 11 is 1.56. The van der Waals surface area contributed by atoms with Crippen LogP contribution in [0.5, 0.6) is 11.5 Å². The van der Waals surface area contributed by atoms with Crippen molar-refractivity contribution in [2.24, 2.45) is 0 Å². The van der Waals surface area contributed by atoms with Gasteiger partial charge in [-0.15, -0.1) is 11.3 Å². The van der Waals surface area contributed by atoms with Crippen molar-refractivity contribution in [1.29, 1.82) is 0 Å². The zero-order valence-corrected chi connectivity index (χ0v) is 12.0. The summed E-state index contributed by atoms with van der Waals surface area (Å²) in [5, 5.41) is 13.2. The normalized spacial score (nSPS) is 12.2. The minimum absolute atomic E-state index is 0.508. The van der Waals surface area contributed by atoms with Crippen LogP contribution in [-0.2, 0) is 6.42 Å². The van der Waals surface area contributed by atoms with Crippen molar-refractivity contribution in [1.82, 2.24) is 4.98 Å². The van der Waals surface area contributed by atoms with Gasteiger partial charge >= 0.3 is 0 Å². The molecule has 1 atom stereocenters. The van der Waals surface area contributed by atoms with E-state index in [1.54, 1.807) is 37.7 Å². The van der Waals surface area contributed by atoms with Crippen LogP contribution >= 0.6 is 11.3 Å². The molecule has 2 aromatic rings. The topological polar surface area (TPSA) is 51.6 Å². The molecule has 0 aliphatic carbocycles. The zero-order valence-electron chi connectivity index (χ0n) is 11.2. The van der Waals surface area contributed by atoms with Crippen molar-refractivity contribution >= 4 is 11.3 Å². The van der Waals surface area contributed by atoms with E-state index in [1.165, 1.54) is 0 Å². The van der Waals surface area contributed by atoms with Crippen molar-refractivity contribution < 1.29 is 14.6 Å². The summed E-state index contributed by atoms with van der Waals surface area (Å²) in [7, 11) is 3.17. The monoisotopic (exact) mass is 279 g/mol. The lowest BCUT2D eigenvalue weighted by Crippen LogP contribution is -2.02. The van der Waals surface area contributed by atoms with Gasteiger partial charge in [-0.05, 0) is 24.6 Å². The molecule has 1 aromatic heterocycles. The van der Waals surface area contributed by atoms with E-state index < -0.39 is 6.10 Å². The van der Waals surface area contributed by atoms with Crippen molar-refractivity contribution in [3.8, 4) is 11.5 Å². The molecule has 0 radical (unpaired) electrons. The number of thiazole rings is 1. The van der Waals surface area contributed by atoms with Crippen LogP contribution in [0.2, 0.25) is 0 Å². The fourth-order valence-electron chi connectivity index (χ4n) is 1.84. The molecule has 0 fully saturated rings. The van der Waals surface area contributed by atoms with Crippen LogP contribution in [0, 0.1) is 6.92 Å². The molecule has 19 heavy (non-hydrogen) atoms. The van der Waals surface area contributed by atoms with Crippen LogP contribution in [0.3, 0.4) is 0 Å². The summed E-state index contributed by atoms with van der Waals surface area (Å²) in [5.41, 5.74) is 1.78. The second kappa shape index (κ2) is 6.04. The molecule has 2 rings (SSSR count). The fourth-order valence-corrected chi connectivity index (χ4v) is 2.65. The number of hydrogen-bond donors (Lipinski definition) is 1. The number of hydrogen-bond acceptors (Lipinski definition) is 5. The number of benzene rings is 1. The van der Waals surface area contributed by atoms with Gasteiger partial charge in [-0.2, -0.15) is 0 Å². The summed E-state index contributed by atoms with van der Waals surface area (Å²) in [5.74, 6) is 1.28. The maximum absolute atomic E-state index is 10.2. The maximum atomic E-state index is 10.2. The smallest absolute Gasteiger partial charge is 0.161 e. The van der Waals surface area contributed by atoms with Crippen LogP contribution in [-0.4, -0.2) is 24.3 Å². The molecule has 0 bridgehead atoms. The Labute approximate surface area is 116 Å². The average molecular weight is 279 g/mol. The lowest BCUT2D eigenvalue weighted by molar-refractivity contribution is 0.177. The highest BCUT2D eigenvalue weighted by atomic mass is 32.1. The molecule has 1 heterocycles. The molecule has 0 saturated heterocycles. The number of rotatable bonds is 5. The van der Waals surface area contributed by atoms with Gasteiger partial charge in [-0.3, -0.25) is 0 Å². The Bertz CT molecular complexity index is 553. The molecule has 0 aliphatic heterocycles. The van der Waals surface area contributed by atoms with Gasteiger partial charge in [0, 0.05) is 17.5 Å². The van der Waals surface area contributed by atoms with Gasteiger partial charge in [0.2, 0.25) is 0 Å². The standard InChI is InChI=1S/C14H17NO3S/c1-9-8-19-14(15-9)7-11(16)10-4-5-12(17-2)13(6-10)18-3/h4-6,8,11,16H,7H2,1-3H3. The first-order chi connectivity index (χ1) is 9.13. The van der Waals surface area contributed by atoms with E-state index in [9.17, 15) is 5.11 Å². The van der Waals surface area contributed by atoms with E-state index in [2.05, 4.69) is 4.98 Å². The van der Waals surface area contributed by atoms with Crippen molar-refractivity contribution in [2.75, 3.05) is 14.2 Å². The van der Waals surface area contributed by atoms with Gasteiger partial charge < -0.3 is 14.6 Å². The lowest BCUT2D eigenvalue weighted by Gasteiger charge is -2.13. The first-order valence-corrected chi connectivity index (χ1v) is 6.83. The Balaban J connectivity index is 2.16. The second-order valence-electron chi connectivity index (χ2n) is 4.22. The van der Waals surface area contributed by atoms with E-state index in [1.807, 2.05) is 18.4 Å². The summed E-state index contributed by atoms with van der Waals surface area (Å²) in [6.45, 7) is 1.95. The molecular weight excluding hydrogens is 262 g/mol. The summed E-state index contributed by atoms with van der Waals surface area (Å²) in [6.07, 6.45) is -0.0843. The molecule has 0 spiro atoms. The number of aliphatic hydroxyl groups is 1. The van der Waals surface area contributed by atoms with E-state index in [-0.39, 0.29) is 0 Å². The number of nitrogens with zero attached hydrogens (tertiary/aromatic N) is 1. The lowest BCUT2D eigenvalue weighted by atomic mass is 10.1. The summed E-state index contributed by atoms with van der Waals surface area (Å²) in [4.78, 5) is 4.36. The van der Waals surface area contributed by atoms with Crippen LogP contribution in [0.4, 0.5) is 0 Å². The third-order valence-corrected chi connectivity index (χ3v) is 3.82. The Hall–Kier alpha value is -1.59. The van der Waals surface area contributed by atoms with Gasteiger partial charge in [0.15, 0.2) is 11.5 Å². The van der Waals surface area contributed by atoms with Crippen LogP contribution < -0.4 is 9.47 Å². The van der Waals surface area contributed by atoms with Gasteiger partial charge in [0.1, 0.15) is 0 Å². The number of methoxy groups -OCH3 is 2. The minimum atomic E-state index is -0.592. The third-order valence-electron chi connectivity index (χ3n) is 2.83. The minimum Gasteiger partial charge on any atom is -0.493 e. The molecular formula is C14H17NO3S. The van der Waals surface area contributed by atoms with E-state index in [0.717, 1.165) is 16.3 Å². The zero-order chi connectivity index (χ0) is 13.8. The van der Waals surface area contributed by atoms with Crippen LogP contribution in [0.15, 0.2) is 23.6 Å². The van der Waals surface area contributed by atoms with E-state index >= 15 is 0 Å². The Kier molecular flexibility index (Phi) is 4.39. The highest BCUT2D eigenvalue weighted by molar-refractivity contribution is 7.09. The maximum Gasteiger partial charge on any atom is 0.161 e. The van der Waals surface area contributed by atoms with E-state index in [0.29, 0.717) is 17.9 Å². The number of aryl methyl sites for hydroxylation is 1. The van der Waals surface area contributed by atoms with Gasteiger partial charge in [0.25, 0.3) is 0 Å². The molecule has 1 unspecified atom stereocenters. The second-order valence-corrected chi connectivity index (χ2v) is 5.16. The molecule has 0 aliphatic rings. The summed E-state index contributed by atoms with van der Waals surface area (Å²) in [6, 6.07) is 5.43. The van der Waals surface area contributed by atoms with E-state index in [4.69, 9.17) is 9.47 Å². The highest BCUT2D eigenvalue weighted by Gasteiger charge is 2.14. The Morgan fingerprint density at radius 2 is 2.00 bits per heavy atom. The number of aliphatic hydroxyl groups excluding tert-OH is 1. The van der Waals surface area contributed by atoms with Crippen molar-refractivity contribution in [3.05, 3.63) is 39.8 Å². The van der Waals surface area contributed by atoms with Crippen LogP contribution in [0.25, 0.3) is 0 Å². The summed E-state index contributed by atoms with van der Waals surface area (Å²) < 4.78 is 10.4. The number of ether oxygens (including phenoxy) is 2. The van der Waals surface area contributed by atoms with Crippen molar-refractivity contribution in [2.45, 2.75) is 19.4 Å². The number of aromatic nitrogens is 1. The molecule has 1 N–H and O–H groups in total. The van der Waals surface area contributed by atoms with Crippen molar-refractivity contribution in [3.63, 3.8) is 0 Å². The molecule has 5 heteroatoms. The van der Waals surface area contributed by atoms with Gasteiger partial charge in [-0.1, -0.05) is 6.07 Å².